The predicted molar refractivity (Wildman–Crippen MR) is 140 cm³/mol. The molecule has 3 aromatic heterocycles. The molecule has 0 N–H and O–H groups in total. The van der Waals surface area contributed by atoms with E-state index in [2.05, 4.69) is 9.98 Å². The van der Waals surface area contributed by atoms with Gasteiger partial charge in [0.05, 0.1) is 17.0 Å². The largest absolute Gasteiger partial charge is 0.479 e. The number of carbonyl (C=O) groups excluding carboxylic acids is 2. The molecule has 37 heavy (non-hydrogen) atoms. The SMILES string of the molecule is CCCn1c(=NC(=O)C(C)Oc2ccc(Cl)cc2Cl)c(C(=O)OCC)cc2c(=O)n3ccccc3nc21. The van der Waals surface area contributed by atoms with Gasteiger partial charge >= 0.3 is 5.97 Å². The molecule has 1 amide bonds. The third-order valence-electron chi connectivity index (χ3n) is 5.49. The molecule has 0 spiro atoms. The maximum Gasteiger partial charge on any atom is 0.341 e. The summed E-state index contributed by atoms with van der Waals surface area (Å²) in [5.74, 6) is -1.13. The Morgan fingerprint density at radius 2 is 1.92 bits per heavy atom. The fourth-order valence-corrected chi connectivity index (χ4v) is 4.25. The van der Waals surface area contributed by atoms with Gasteiger partial charge in [0.1, 0.15) is 22.6 Å². The number of fused-ring (bicyclic) bond motifs is 2. The molecule has 1 aromatic carbocycles. The number of pyridine rings is 2. The number of nitrogens with zero attached hydrogens (tertiary/aromatic N) is 4. The van der Waals surface area contributed by atoms with E-state index < -0.39 is 18.0 Å². The lowest BCUT2D eigenvalue weighted by Crippen LogP contribution is -2.34. The van der Waals surface area contributed by atoms with Crippen molar-refractivity contribution in [1.82, 2.24) is 14.0 Å². The van der Waals surface area contributed by atoms with Crippen LogP contribution in [-0.4, -0.2) is 38.5 Å². The Morgan fingerprint density at radius 3 is 2.62 bits per heavy atom. The zero-order valence-electron chi connectivity index (χ0n) is 20.4. The zero-order chi connectivity index (χ0) is 26.7. The molecular formula is C26H24Cl2N4O5. The van der Waals surface area contributed by atoms with Gasteiger partial charge in [-0.15, -0.1) is 0 Å². The summed E-state index contributed by atoms with van der Waals surface area (Å²) >= 11 is 12.1. The van der Waals surface area contributed by atoms with Gasteiger partial charge in [0.25, 0.3) is 11.5 Å². The Kier molecular flexibility index (Phi) is 7.94. The van der Waals surface area contributed by atoms with E-state index in [1.807, 2.05) is 6.92 Å². The van der Waals surface area contributed by atoms with Crippen LogP contribution in [0.1, 0.15) is 37.6 Å². The van der Waals surface area contributed by atoms with Crippen molar-refractivity contribution in [2.24, 2.45) is 4.99 Å². The van der Waals surface area contributed by atoms with Gasteiger partial charge in [-0.05, 0) is 56.7 Å². The maximum atomic E-state index is 13.3. The van der Waals surface area contributed by atoms with Gasteiger partial charge in [-0.2, -0.15) is 4.99 Å². The lowest BCUT2D eigenvalue weighted by molar-refractivity contribution is -0.124. The van der Waals surface area contributed by atoms with E-state index in [4.69, 9.17) is 32.7 Å². The van der Waals surface area contributed by atoms with E-state index >= 15 is 0 Å². The van der Waals surface area contributed by atoms with Gasteiger partial charge < -0.3 is 14.0 Å². The minimum Gasteiger partial charge on any atom is -0.479 e. The predicted octanol–water partition coefficient (Wildman–Crippen LogP) is 4.44. The number of hydrogen-bond donors (Lipinski definition) is 0. The highest BCUT2D eigenvalue weighted by atomic mass is 35.5. The average Bonchev–Trinajstić information content (AvgIpc) is 2.87. The van der Waals surface area contributed by atoms with Crippen LogP contribution in [0.4, 0.5) is 0 Å². The molecule has 9 nitrogen and oxygen atoms in total. The number of rotatable bonds is 7. The van der Waals surface area contributed by atoms with Crippen molar-refractivity contribution in [1.29, 1.82) is 0 Å². The monoisotopic (exact) mass is 542 g/mol. The number of hydrogen-bond acceptors (Lipinski definition) is 6. The zero-order valence-corrected chi connectivity index (χ0v) is 21.9. The summed E-state index contributed by atoms with van der Waals surface area (Å²) in [6, 6.07) is 11.2. The summed E-state index contributed by atoms with van der Waals surface area (Å²) in [5.41, 5.74) is 0.361. The highest BCUT2D eigenvalue weighted by molar-refractivity contribution is 6.35. The van der Waals surface area contributed by atoms with E-state index in [0.29, 0.717) is 29.3 Å². The summed E-state index contributed by atoms with van der Waals surface area (Å²) in [7, 11) is 0. The number of carbonyl (C=O) groups is 2. The molecule has 192 valence electrons. The topological polar surface area (TPSA) is 104 Å². The number of halogens is 2. The molecular weight excluding hydrogens is 519 g/mol. The summed E-state index contributed by atoms with van der Waals surface area (Å²) < 4.78 is 13.9. The number of aryl methyl sites for hydroxylation is 1. The van der Waals surface area contributed by atoms with E-state index in [9.17, 15) is 14.4 Å². The molecule has 0 bridgehead atoms. The number of amides is 1. The Balaban J connectivity index is 1.94. The minimum atomic E-state index is -1.05. The minimum absolute atomic E-state index is 0.0253. The van der Waals surface area contributed by atoms with Crippen LogP contribution in [0.2, 0.25) is 10.0 Å². The first-order valence-electron chi connectivity index (χ1n) is 11.7. The van der Waals surface area contributed by atoms with Crippen LogP contribution >= 0.6 is 23.2 Å². The van der Waals surface area contributed by atoms with Crippen LogP contribution in [0.3, 0.4) is 0 Å². The van der Waals surface area contributed by atoms with Crippen molar-refractivity contribution in [2.75, 3.05) is 6.61 Å². The number of ether oxygens (including phenoxy) is 2. The summed E-state index contributed by atoms with van der Waals surface area (Å²) in [5, 5.41) is 0.860. The third kappa shape index (κ3) is 5.38. The highest BCUT2D eigenvalue weighted by Crippen LogP contribution is 2.28. The smallest absolute Gasteiger partial charge is 0.341 e. The van der Waals surface area contributed by atoms with E-state index in [0.717, 1.165) is 0 Å². The molecule has 1 unspecified atom stereocenters. The molecule has 11 heteroatoms. The van der Waals surface area contributed by atoms with E-state index in [1.54, 1.807) is 48.0 Å². The second-order valence-electron chi connectivity index (χ2n) is 8.12. The maximum absolute atomic E-state index is 13.3. The highest BCUT2D eigenvalue weighted by Gasteiger charge is 2.22. The van der Waals surface area contributed by atoms with Gasteiger partial charge in [0, 0.05) is 17.8 Å². The molecule has 0 aliphatic rings. The van der Waals surface area contributed by atoms with Crippen molar-refractivity contribution in [3.05, 3.63) is 80.1 Å². The first-order chi connectivity index (χ1) is 17.7. The van der Waals surface area contributed by atoms with Crippen molar-refractivity contribution >= 4 is 51.8 Å². The first kappa shape index (κ1) is 26.4. The number of benzene rings is 1. The second kappa shape index (κ2) is 11.1. The van der Waals surface area contributed by atoms with Crippen LogP contribution in [-0.2, 0) is 16.1 Å². The fourth-order valence-electron chi connectivity index (χ4n) is 3.80. The fraction of sp³-hybridized carbons (Fsp3) is 0.269. The van der Waals surface area contributed by atoms with Gasteiger partial charge in [0.15, 0.2) is 11.6 Å². The first-order valence-corrected chi connectivity index (χ1v) is 12.4. The molecule has 0 fully saturated rings. The van der Waals surface area contributed by atoms with Crippen LogP contribution in [0, 0.1) is 0 Å². The van der Waals surface area contributed by atoms with Crippen LogP contribution < -0.4 is 15.8 Å². The lowest BCUT2D eigenvalue weighted by Gasteiger charge is -2.16. The molecule has 3 heterocycles. The molecule has 1 atom stereocenters. The Hall–Kier alpha value is -3.69. The van der Waals surface area contributed by atoms with E-state index in [1.165, 1.54) is 23.5 Å². The molecule has 4 rings (SSSR count). The van der Waals surface area contributed by atoms with Crippen molar-refractivity contribution < 1.29 is 19.1 Å². The van der Waals surface area contributed by atoms with Crippen LogP contribution in [0.25, 0.3) is 16.7 Å². The number of esters is 1. The Morgan fingerprint density at radius 1 is 1.14 bits per heavy atom. The van der Waals surface area contributed by atoms with Gasteiger partial charge in [-0.1, -0.05) is 36.2 Å². The standard InChI is InChI=1S/C26H24Cl2N4O5/c1-4-11-32-22-17(25(34)31-12-7-6-8-21(31)29-22)14-18(26(35)36-5-2)23(32)30-24(33)15(3)37-20-10-9-16(27)13-19(20)28/h6-10,12-15H,4-5,11H2,1-3H3. The molecule has 0 radical (unpaired) electrons. The third-order valence-corrected chi connectivity index (χ3v) is 6.02. The normalized spacial score (nSPS) is 12.6. The van der Waals surface area contributed by atoms with Gasteiger partial charge in [-0.3, -0.25) is 14.0 Å². The van der Waals surface area contributed by atoms with Crippen molar-refractivity contribution in [2.45, 2.75) is 39.8 Å². The summed E-state index contributed by atoms with van der Waals surface area (Å²) in [4.78, 5) is 48.4. The molecule has 0 saturated carbocycles. The number of aromatic nitrogens is 3. The van der Waals surface area contributed by atoms with Gasteiger partial charge in [0.2, 0.25) is 0 Å². The van der Waals surface area contributed by atoms with Crippen LogP contribution in [0.15, 0.2) is 58.4 Å². The molecule has 0 aliphatic heterocycles. The van der Waals surface area contributed by atoms with Crippen molar-refractivity contribution in [3.63, 3.8) is 0 Å². The lowest BCUT2D eigenvalue weighted by atomic mass is 10.2. The van der Waals surface area contributed by atoms with E-state index in [-0.39, 0.29) is 39.4 Å². The quantitative estimate of drug-likeness (QED) is 0.252. The summed E-state index contributed by atoms with van der Waals surface area (Å²) in [6.45, 7) is 5.54. The van der Waals surface area contributed by atoms with Crippen LogP contribution in [0.5, 0.6) is 5.75 Å². The van der Waals surface area contributed by atoms with Gasteiger partial charge in [-0.25, -0.2) is 9.78 Å². The molecule has 0 saturated heterocycles. The molecule has 0 aliphatic carbocycles. The summed E-state index contributed by atoms with van der Waals surface area (Å²) in [6.07, 6.45) is 1.17. The average molecular weight is 543 g/mol. The Labute approximate surface area is 221 Å². The van der Waals surface area contributed by atoms with Crippen molar-refractivity contribution in [3.8, 4) is 5.75 Å². The second-order valence-corrected chi connectivity index (χ2v) is 8.97. The molecule has 4 aromatic rings. The Bertz CT molecular complexity index is 1640.